The van der Waals surface area contributed by atoms with E-state index < -0.39 is 11.7 Å². The van der Waals surface area contributed by atoms with Gasteiger partial charge < -0.3 is 10.6 Å². The van der Waals surface area contributed by atoms with Gasteiger partial charge in [0.15, 0.2) is 0 Å². The molecule has 0 bridgehead atoms. The zero-order valence-corrected chi connectivity index (χ0v) is 13.7. The van der Waals surface area contributed by atoms with Crippen molar-refractivity contribution in [2.24, 2.45) is 5.73 Å². The van der Waals surface area contributed by atoms with E-state index in [1.165, 1.54) is 6.07 Å². The van der Waals surface area contributed by atoms with Crippen LogP contribution in [0, 0.1) is 0 Å². The summed E-state index contributed by atoms with van der Waals surface area (Å²) in [6.45, 7) is 3.71. The highest BCUT2D eigenvalue weighted by atomic mass is 32.2. The highest BCUT2D eigenvalue weighted by Gasteiger charge is 2.35. The summed E-state index contributed by atoms with van der Waals surface area (Å²) in [5.41, 5.74) is 5.93. The molecule has 2 N–H and O–H groups in total. The Morgan fingerprint density at radius 2 is 1.90 bits per heavy atom. The topological polar surface area (TPSA) is 29.3 Å². The Hall–Kier alpha value is -0.880. The van der Waals surface area contributed by atoms with Crippen molar-refractivity contribution in [1.82, 2.24) is 0 Å². The fraction of sp³-hybridized carbons (Fsp3) is 0.600. The average molecular weight is 320 g/mol. The van der Waals surface area contributed by atoms with E-state index in [2.05, 4.69) is 0 Å². The molecule has 6 heteroatoms. The SMILES string of the molecule is CSCC(C)N(C)c1ccc(CC(C)N)cc1C(F)(F)F. The maximum atomic E-state index is 13.3. The van der Waals surface area contributed by atoms with Crippen LogP contribution in [0.2, 0.25) is 0 Å². The summed E-state index contributed by atoms with van der Waals surface area (Å²) >= 11 is 1.62. The van der Waals surface area contributed by atoms with Crippen LogP contribution >= 0.6 is 11.8 Å². The number of hydrogen-bond donors (Lipinski definition) is 1. The van der Waals surface area contributed by atoms with Crippen LogP contribution in [0.4, 0.5) is 18.9 Å². The number of rotatable bonds is 6. The molecule has 0 radical (unpaired) electrons. The first kappa shape index (κ1) is 18.2. The van der Waals surface area contributed by atoms with Gasteiger partial charge in [-0.05, 0) is 44.2 Å². The van der Waals surface area contributed by atoms with Gasteiger partial charge in [0, 0.05) is 30.6 Å². The standard InChI is InChI=1S/C15H23F3N2S/c1-10(19)7-12-5-6-14(13(8-12)15(16,17)18)20(3)11(2)9-21-4/h5-6,8,10-11H,7,9,19H2,1-4H3. The molecule has 1 aromatic carbocycles. The molecule has 2 atom stereocenters. The van der Waals surface area contributed by atoms with Crippen LogP contribution in [-0.2, 0) is 12.6 Å². The van der Waals surface area contributed by atoms with Crippen molar-refractivity contribution in [2.75, 3.05) is 24.0 Å². The molecular weight excluding hydrogens is 297 g/mol. The maximum Gasteiger partial charge on any atom is 0.418 e. The molecule has 0 heterocycles. The van der Waals surface area contributed by atoms with Crippen molar-refractivity contribution in [1.29, 1.82) is 0 Å². The fourth-order valence-corrected chi connectivity index (χ4v) is 2.91. The van der Waals surface area contributed by atoms with Gasteiger partial charge in [-0.3, -0.25) is 0 Å². The second-order valence-corrected chi connectivity index (χ2v) is 6.36. The van der Waals surface area contributed by atoms with Crippen LogP contribution in [0.1, 0.15) is 25.0 Å². The van der Waals surface area contributed by atoms with Crippen molar-refractivity contribution in [3.05, 3.63) is 29.3 Å². The molecule has 0 aromatic heterocycles. The van der Waals surface area contributed by atoms with E-state index in [1.807, 2.05) is 13.2 Å². The van der Waals surface area contributed by atoms with Crippen LogP contribution in [0.3, 0.4) is 0 Å². The Morgan fingerprint density at radius 3 is 2.38 bits per heavy atom. The van der Waals surface area contributed by atoms with Gasteiger partial charge in [-0.25, -0.2) is 0 Å². The Labute approximate surface area is 128 Å². The molecule has 120 valence electrons. The number of alkyl halides is 3. The molecule has 0 saturated heterocycles. The van der Waals surface area contributed by atoms with Gasteiger partial charge in [-0.2, -0.15) is 24.9 Å². The third-order valence-electron chi connectivity index (χ3n) is 3.37. The van der Waals surface area contributed by atoms with E-state index in [0.717, 1.165) is 5.75 Å². The summed E-state index contributed by atoms with van der Waals surface area (Å²) in [4.78, 5) is 1.69. The van der Waals surface area contributed by atoms with E-state index >= 15 is 0 Å². The zero-order chi connectivity index (χ0) is 16.2. The molecule has 0 aliphatic carbocycles. The number of thioether (sulfide) groups is 1. The first-order chi connectivity index (χ1) is 9.66. The van der Waals surface area contributed by atoms with Crippen molar-refractivity contribution in [3.8, 4) is 0 Å². The second-order valence-electron chi connectivity index (χ2n) is 5.45. The number of benzene rings is 1. The predicted octanol–water partition coefficient (Wildman–Crippen LogP) is 3.78. The molecule has 1 rings (SSSR count). The molecule has 0 aliphatic heterocycles. The molecule has 0 spiro atoms. The summed E-state index contributed by atoms with van der Waals surface area (Å²) in [6, 6.07) is 4.37. The van der Waals surface area contributed by atoms with E-state index in [0.29, 0.717) is 12.0 Å². The molecule has 21 heavy (non-hydrogen) atoms. The number of halogens is 3. The number of nitrogens with zero attached hydrogens (tertiary/aromatic N) is 1. The van der Waals surface area contributed by atoms with Crippen LogP contribution in [-0.4, -0.2) is 31.1 Å². The minimum absolute atomic E-state index is 0.0281. The highest BCUT2D eigenvalue weighted by Crippen LogP contribution is 2.37. The predicted molar refractivity (Wildman–Crippen MR) is 85.0 cm³/mol. The van der Waals surface area contributed by atoms with Gasteiger partial charge in [0.2, 0.25) is 0 Å². The van der Waals surface area contributed by atoms with Gasteiger partial charge >= 0.3 is 6.18 Å². The minimum atomic E-state index is -4.36. The quantitative estimate of drug-likeness (QED) is 0.865. The lowest BCUT2D eigenvalue weighted by Gasteiger charge is -2.29. The molecule has 0 saturated carbocycles. The molecule has 0 aliphatic rings. The molecule has 0 amide bonds. The van der Waals surface area contributed by atoms with Gasteiger partial charge in [0.1, 0.15) is 0 Å². The lowest BCUT2D eigenvalue weighted by molar-refractivity contribution is -0.137. The van der Waals surface area contributed by atoms with Crippen LogP contribution < -0.4 is 10.6 Å². The Kier molecular flexibility index (Phi) is 6.41. The first-order valence-electron chi connectivity index (χ1n) is 6.84. The summed E-state index contributed by atoms with van der Waals surface area (Å²) in [5, 5.41) is 0. The van der Waals surface area contributed by atoms with Gasteiger partial charge in [0.05, 0.1) is 5.56 Å². The van der Waals surface area contributed by atoms with E-state index in [1.54, 1.807) is 42.8 Å². The summed E-state index contributed by atoms with van der Waals surface area (Å²) in [6.07, 6.45) is -1.98. The van der Waals surface area contributed by atoms with Crippen LogP contribution in [0.25, 0.3) is 0 Å². The Morgan fingerprint density at radius 1 is 1.29 bits per heavy atom. The molecule has 2 unspecified atom stereocenters. The smallest absolute Gasteiger partial charge is 0.371 e. The Bertz CT molecular complexity index is 461. The fourth-order valence-electron chi connectivity index (χ4n) is 2.21. The van der Waals surface area contributed by atoms with Crippen LogP contribution in [0.15, 0.2) is 18.2 Å². The number of anilines is 1. The third kappa shape index (κ3) is 5.11. The average Bonchev–Trinajstić information content (AvgIpc) is 2.36. The monoisotopic (exact) mass is 320 g/mol. The first-order valence-corrected chi connectivity index (χ1v) is 8.23. The summed E-state index contributed by atoms with van der Waals surface area (Å²) < 4.78 is 39.9. The highest BCUT2D eigenvalue weighted by molar-refractivity contribution is 7.98. The molecule has 1 aromatic rings. The van der Waals surface area contributed by atoms with E-state index in [4.69, 9.17) is 5.73 Å². The normalized spacial score (nSPS) is 14.9. The van der Waals surface area contributed by atoms with E-state index in [-0.39, 0.29) is 17.8 Å². The number of hydrogen-bond acceptors (Lipinski definition) is 3. The molecule has 2 nitrogen and oxygen atoms in total. The number of nitrogens with two attached hydrogens (primary N) is 1. The van der Waals surface area contributed by atoms with E-state index in [9.17, 15) is 13.2 Å². The minimum Gasteiger partial charge on any atom is -0.371 e. The summed E-state index contributed by atoms with van der Waals surface area (Å²) in [5.74, 6) is 0.773. The van der Waals surface area contributed by atoms with Crippen LogP contribution in [0.5, 0.6) is 0 Å². The largest absolute Gasteiger partial charge is 0.418 e. The second kappa shape index (κ2) is 7.40. The lowest BCUT2D eigenvalue weighted by Crippen LogP contribution is -2.32. The Balaban J connectivity index is 3.19. The van der Waals surface area contributed by atoms with Gasteiger partial charge in [-0.15, -0.1) is 0 Å². The molecular formula is C15H23F3N2S. The maximum absolute atomic E-state index is 13.3. The van der Waals surface area contributed by atoms with Gasteiger partial charge in [0.25, 0.3) is 0 Å². The van der Waals surface area contributed by atoms with Crippen molar-refractivity contribution in [3.63, 3.8) is 0 Å². The van der Waals surface area contributed by atoms with Gasteiger partial charge in [-0.1, -0.05) is 6.07 Å². The van der Waals surface area contributed by atoms with Crippen molar-refractivity contribution >= 4 is 17.4 Å². The molecule has 0 fully saturated rings. The van der Waals surface area contributed by atoms with Crippen molar-refractivity contribution in [2.45, 2.75) is 38.5 Å². The van der Waals surface area contributed by atoms with Crippen molar-refractivity contribution < 1.29 is 13.2 Å². The lowest BCUT2D eigenvalue weighted by atomic mass is 10.0. The third-order valence-corrected chi connectivity index (χ3v) is 4.19. The zero-order valence-electron chi connectivity index (χ0n) is 12.9. The summed E-state index contributed by atoms with van der Waals surface area (Å²) in [7, 11) is 1.71.